The number of nitrogens with one attached hydrogen (secondary N) is 1. The van der Waals surface area contributed by atoms with Crippen molar-refractivity contribution >= 4 is 5.69 Å². The maximum atomic E-state index is 14.4. The van der Waals surface area contributed by atoms with Crippen molar-refractivity contribution in [2.24, 2.45) is 5.92 Å². The summed E-state index contributed by atoms with van der Waals surface area (Å²) >= 11 is 0. The molecule has 0 spiro atoms. The van der Waals surface area contributed by atoms with E-state index in [1.807, 2.05) is 12.1 Å². The van der Waals surface area contributed by atoms with Gasteiger partial charge in [-0.15, -0.1) is 0 Å². The van der Waals surface area contributed by atoms with E-state index >= 15 is 0 Å². The number of anilines is 1. The molecular weight excluding hydrogens is 251 g/mol. The van der Waals surface area contributed by atoms with Crippen LogP contribution in [0.5, 0.6) is 0 Å². The van der Waals surface area contributed by atoms with Gasteiger partial charge >= 0.3 is 0 Å². The highest BCUT2D eigenvalue weighted by atomic mass is 19.1. The fraction of sp³-hybridized carbons (Fsp3) is 0.647. The Bertz CT molecular complexity index is 439. The van der Waals surface area contributed by atoms with Gasteiger partial charge in [-0.05, 0) is 36.5 Å². The number of nitrogens with zero attached hydrogens (tertiary/aromatic N) is 1. The Morgan fingerprint density at radius 1 is 1.25 bits per heavy atom. The third kappa shape index (κ3) is 4.20. The largest absolute Gasteiger partial charge is 0.366 e. The molecule has 1 aliphatic rings. The smallest absolute Gasteiger partial charge is 0.146 e. The second-order valence-corrected chi connectivity index (χ2v) is 6.60. The van der Waals surface area contributed by atoms with Crippen molar-refractivity contribution in [3.63, 3.8) is 0 Å². The highest BCUT2D eigenvalue weighted by Gasteiger charge is 2.30. The molecule has 1 saturated carbocycles. The second kappa shape index (κ2) is 6.57. The van der Waals surface area contributed by atoms with Gasteiger partial charge in [0.1, 0.15) is 5.82 Å². The first kappa shape index (κ1) is 15.3. The Morgan fingerprint density at radius 3 is 2.45 bits per heavy atom. The van der Waals surface area contributed by atoms with E-state index in [0.29, 0.717) is 18.0 Å². The SMILES string of the molecule is CC(C)CN(c1ccc(CNC(C)C)cc1F)C1CC1. The highest BCUT2D eigenvalue weighted by molar-refractivity contribution is 5.51. The van der Waals surface area contributed by atoms with Gasteiger partial charge in [-0.2, -0.15) is 0 Å². The molecule has 0 amide bonds. The normalized spacial score (nSPS) is 15.2. The summed E-state index contributed by atoms with van der Waals surface area (Å²) in [6.07, 6.45) is 2.39. The number of halogens is 1. The summed E-state index contributed by atoms with van der Waals surface area (Å²) in [5.41, 5.74) is 1.79. The molecule has 1 aromatic carbocycles. The van der Waals surface area contributed by atoms with E-state index in [0.717, 1.165) is 24.3 Å². The lowest BCUT2D eigenvalue weighted by molar-refractivity contribution is 0.568. The van der Waals surface area contributed by atoms with Gasteiger partial charge in [-0.1, -0.05) is 33.8 Å². The minimum atomic E-state index is -0.0828. The molecule has 20 heavy (non-hydrogen) atoms. The first-order chi connectivity index (χ1) is 9.47. The number of hydrogen-bond acceptors (Lipinski definition) is 2. The Morgan fingerprint density at radius 2 is 1.95 bits per heavy atom. The molecule has 0 radical (unpaired) electrons. The Hall–Kier alpha value is -1.09. The third-order valence-corrected chi connectivity index (χ3v) is 3.59. The van der Waals surface area contributed by atoms with Gasteiger partial charge in [0, 0.05) is 25.2 Å². The average Bonchev–Trinajstić information content (AvgIpc) is 3.18. The highest BCUT2D eigenvalue weighted by Crippen LogP contribution is 2.34. The van der Waals surface area contributed by atoms with E-state index in [4.69, 9.17) is 0 Å². The zero-order valence-corrected chi connectivity index (χ0v) is 13.1. The molecule has 0 aromatic heterocycles. The molecule has 0 saturated heterocycles. The minimum absolute atomic E-state index is 0.0828. The summed E-state index contributed by atoms with van der Waals surface area (Å²) in [5, 5.41) is 3.32. The lowest BCUT2D eigenvalue weighted by Crippen LogP contribution is -2.30. The van der Waals surface area contributed by atoms with Gasteiger partial charge in [0.2, 0.25) is 0 Å². The van der Waals surface area contributed by atoms with Crippen LogP contribution in [0.2, 0.25) is 0 Å². The molecule has 1 fully saturated rings. The Balaban J connectivity index is 2.10. The van der Waals surface area contributed by atoms with Crippen molar-refractivity contribution in [2.45, 2.75) is 59.2 Å². The van der Waals surface area contributed by atoms with E-state index < -0.39 is 0 Å². The molecule has 0 aliphatic heterocycles. The molecule has 0 heterocycles. The molecule has 0 atom stereocenters. The summed E-state index contributed by atoms with van der Waals surface area (Å²) in [5.74, 6) is 0.470. The predicted molar refractivity (Wildman–Crippen MR) is 83.6 cm³/mol. The van der Waals surface area contributed by atoms with Gasteiger partial charge < -0.3 is 10.2 Å². The van der Waals surface area contributed by atoms with Crippen molar-refractivity contribution in [3.05, 3.63) is 29.6 Å². The van der Waals surface area contributed by atoms with Gasteiger partial charge in [-0.25, -0.2) is 4.39 Å². The van der Waals surface area contributed by atoms with Crippen LogP contribution >= 0.6 is 0 Å². The van der Waals surface area contributed by atoms with Crippen LogP contribution in [-0.4, -0.2) is 18.6 Å². The second-order valence-electron chi connectivity index (χ2n) is 6.60. The van der Waals surface area contributed by atoms with E-state index in [1.54, 1.807) is 6.07 Å². The van der Waals surface area contributed by atoms with Crippen molar-refractivity contribution in [1.29, 1.82) is 0 Å². The maximum Gasteiger partial charge on any atom is 0.146 e. The molecule has 1 aromatic rings. The lowest BCUT2D eigenvalue weighted by Gasteiger charge is -2.27. The number of benzene rings is 1. The van der Waals surface area contributed by atoms with Crippen LogP contribution in [0.25, 0.3) is 0 Å². The van der Waals surface area contributed by atoms with Crippen LogP contribution < -0.4 is 10.2 Å². The van der Waals surface area contributed by atoms with Gasteiger partial charge in [-0.3, -0.25) is 0 Å². The first-order valence-corrected chi connectivity index (χ1v) is 7.75. The summed E-state index contributed by atoms with van der Waals surface area (Å²) in [4.78, 5) is 2.25. The molecule has 0 bridgehead atoms. The topological polar surface area (TPSA) is 15.3 Å². The van der Waals surface area contributed by atoms with Crippen molar-refractivity contribution < 1.29 is 4.39 Å². The number of hydrogen-bond donors (Lipinski definition) is 1. The van der Waals surface area contributed by atoms with E-state index in [9.17, 15) is 4.39 Å². The van der Waals surface area contributed by atoms with Crippen molar-refractivity contribution in [1.82, 2.24) is 5.32 Å². The quantitative estimate of drug-likeness (QED) is 0.812. The molecule has 2 nitrogen and oxygen atoms in total. The van der Waals surface area contributed by atoms with Crippen molar-refractivity contribution in [3.8, 4) is 0 Å². The molecule has 1 N–H and O–H groups in total. The zero-order chi connectivity index (χ0) is 14.7. The van der Waals surface area contributed by atoms with Crippen LogP contribution in [0.1, 0.15) is 46.1 Å². The molecule has 0 unspecified atom stereocenters. The van der Waals surface area contributed by atoms with Crippen LogP contribution in [0.3, 0.4) is 0 Å². The molecule has 3 heteroatoms. The van der Waals surface area contributed by atoms with E-state index in [2.05, 4.69) is 37.9 Å². The van der Waals surface area contributed by atoms with Gasteiger partial charge in [0.25, 0.3) is 0 Å². The molecule has 1 aliphatic carbocycles. The van der Waals surface area contributed by atoms with Crippen LogP contribution in [0, 0.1) is 11.7 Å². The minimum Gasteiger partial charge on any atom is -0.366 e. The zero-order valence-electron chi connectivity index (χ0n) is 13.1. The first-order valence-electron chi connectivity index (χ1n) is 7.75. The van der Waals surface area contributed by atoms with Crippen LogP contribution in [-0.2, 0) is 6.54 Å². The molecule has 112 valence electrons. The van der Waals surface area contributed by atoms with E-state index in [1.165, 1.54) is 12.8 Å². The molecule has 2 rings (SSSR count). The fourth-order valence-electron chi connectivity index (χ4n) is 2.44. The summed E-state index contributed by atoms with van der Waals surface area (Å²) in [6, 6.07) is 6.64. The standard InChI is InChI=1S/C17H27FN2/c1-12(2)11-20(15-6-7-15)17-8-5-14(9-16(17)18)10-19-13(3)4/h5,8-9,12-13,15,19H,6-7,10-11H2,1-4H3. The summed E-state index contributed by atoms with van der Waals surface area (Å²) < 4.78 is 14.4. The van der Waals surface area contributed by atoms with Gasteiger partial charge in [0.15, 0.2) is 0 Å². The fourth-order valence-corrected chi connectivity index (χ4v) is 2.44. The van der Waals surface area contributed by atoms with E-state index in [-0.39, 0.29) is 5.82 Å². The van der Waals surface area contributed by atoms with Gasteiger partial charge in [0.05, 0.1) is 5.69 Å². The molecular formula is C17H27FN2. The Labute approximate surface area is 122 Å². The predicted octanol–water partition coefficient (Wildman–Crippen LogP) is 3.95. The average molecular weight is 278 g/mol. The summed E-state index contributed by atoms with van der Waals surface area (Å²) in [6.45, 7) is 10.2. The lowest BCUT2D eigenvalue weighted by atomic mass is 10.1. The monoisotopic (exact) mass is 278 g/mol. The van der Waals surface area contributed by atoms with Crippen LogP contribution in [0.15, 0.2) is 18.2 Å². The number of rotatable bonds is 7. The van der Waals surface area contributed by atoms with Crippen molar-refractivity contribution in [2.75, 3.05) is 11.4 Å². The van der Waals surface area contributed by atoms with Crippen LogP contribution in [0.4, 0.5) is 10.1 Å². The maximum absolute atomic E-state index is 14.4. The Kier molecular flexibility index (Phi) is 5.03. The summed E-state index contributed by atoms with van der Waals surface area (Å²) in [7, 11) is 0. The third-order valence-electron chi connectivity index (χ3n) is 3.59.